The Morgan fingerprint density at radius 1 is 0.833 bits per heavy atom. The molecule has 0 bridgehead atoms. The van der Waals surface area contributed by atoms with Crippen molar-refractivity contribution in [3.63, 3.8) is 0 Å². The van der Waals surface area contributed by atoms with Crippen LogP contribution in [0.15, 0.2) is 96.2 Å². The van der Waals surface area contributed by atoms with Gasteiger partial charge >= 0.3 is 0 Å². The Kier molecular flexibility index (Phi) is 4.28. The number of anilines is 1. The number of benzene rings is 1. The van der Waals surface area contributed by atoms with Gasteiger partial charge in [0.2, 0.25) is 17.4 Å². The van der Waals surface area contributed by atoms with E-state index < -0.39 is 11.7 Å². The van der Waals surface area contributed by atoms with Gasteiger partial charge in [0.25, 0.3) is 5.91 Å². The Balaban J connectivity index is 1.51. The van der Waals surface area contributed by atoms with Gasteiger partial charge in [-0.2, -0.15) is 0 Å². The van der Waals surface area contributed by atoms with Crippen molar-refractivity contribution in [3.05, 3.63) is 114 Å². The zero-order valence-corrected chi connectivity index (χ0v) is 19.3. The van der Waals surface area contributed by atoms with Crippen LogP contribution >= 0.6 is 0 Å². The molecule has 1 aromatic carbocycles. The molecule has 1 N–H and O–H groups in total. The smallest absolute Gasteiger partial charge is 0.271 e. The molecule has 4 aromatic heterocycles. The number of nitrogens with zero attached hydrogens (tertiary/aromatic N) is 7. The van der Waals surface area contributed by atoms with Crippen LogP contribution in [-0.2, 0) is 10.3 Å². The summed E-state index contributed by atoms with van der Waals surface area (Å²) in [7, 11) is 0. The standard InChI is InChI=1S/C27H20N8O/c1-17-9-8-14-22(30-17)27(21-13-5-7-16-29-21)24(36)35-23(19-11-4-6-15-28-19)34-20-12-3-2-10-18(20)31-25(34)32-26(35)33-27/h2-16,23H,1H3,(H,31,32,33). The summed E-state index contributed by atoms with van der Waals surface area (Å²) in [5.74, 6) is 0.706. The van der Waals surface area contributed by atoms with Crippen LogP contribution in [0.2, 0.25) is 0 Å². The van der Waals surface area contributed by atoms with Gasteiger partial charge in [-0.05, 0) is 55.5 Å². The van der Waals surface area contributed by atoms with Gasteiger partial charge in [-0.1, -0.05) is 30.3 Å². The minimum atomic E-state index is -1.46. The van der Waals surface area contributed by atoms with Gasteiger partial charge in [-0.3, -0.25) is 34.5 Å². The van der Waals surface area contributed by atoms with E-state index in [1.165, 1.54) is 0 Å². The molecule has 36 heavy (non-hydrogen) atoms. The average molecular weight is 473 g/mol. The number of rotatable bonds is 3. The third-order valence-corrected chi connectivity index (χ3v) is 6.59. The monoisotopic (exact) mass is 472 g/mol. The normalized spacial score (nSPS) is 20.6. The largest absolute Gasteiger partial charge is 0.295 e. The number of aromatic nitrogens is 5. The van der Waals surface area contributed by atoms with Crippen molar-refractivity contribution < 1.29 is 4.79 Å². The van der Waals surface area contributed by atoms with Gasteiger partial charge in [-0.25, -0.2) is 9.98 Å². The molecule has 0 saturated heterocycles. The summed E-state index contributed by atoms with van der Waals surface area (Å²) in [6.45, 7) is 1.90. The summed E-state index contributed by atoms with van der Waals surface area (Å²) < 4.78 is 1.99. The molecule has 0 saturated carbocycles. The van der Waals surface area contributed by atoms with Crippen molar-refractivity contribution in [1.29, 1.82) is 0 Å². The van der Waals surface area contributed by atoms with E-state index in [1.807, 2.05) is 90.4 Å². The van der Waals surface area contributed by atoms with E-state index in [0.717, 1.165) is 16.7 Å². The second-order valence-electron chi connectivity index (χ2n) is 8.75. The number of carbonyl (C=O) groups excluding carboxylic acids is 1. The topological polar surface area (TPSA) is 101 Å². The fourth-order valence-corrected chi connectivity index (χ4v) is 5.02. The number of amides is 1. The first kappa shape index (κ1) is 20.5. The van der Waals surface area contributed by atoms with Gasteiger partial charge < -0.3 is 0 Å². The van der Waals surface area contributed by atoms with Crippen LogP contribution in [0.3, 0.4) is 0 Å². The van der Waals surface area contributed by atoms with Crippen molar-refractivity contribution in [2.24, 2.45) is 4.99 Å². The lowest BCUT2D eigenvalue weighted by Gasteiger charge is -2.36. The van der Waals surface area contributed by atoms with E-state index in [4.69, 9.17) is 15.0 Å². The second kappa shape index (κ2) is 7.54. The predicted molar refractivity (Wildman–Crippen MR) is 134 cm³/mol. The van der Waals surface area contributed by atoms with Crippen LogP contribution in [0.1, 0.15) is 28.9 Å². The van der Waals surface area contributed by atoms with Crippen LogP contribution in [-0.4, -0.2) is 41.3 Å². The van der Waals surface area contributed by atoms with E-state index in [2.05, 4.69) is 15.3 Å². The Hall–Kier alpha value is -4.92. The zero-order valence-electron chi connectivity index (χ0n) is 19.3. The highest BCUT2D eigenvalue weighted by atomic mass is 16.2. The highest BCUT2D eigenvalue weighted by molar-refractivity contribution is 6.14. The number of pyridine rings is 3. The average Bonchev–Trinajstić information content (AvgIpc) is 3.44. The minimum Gasteiger partial charge on any atom is -0.295 e. The molecule has 5 aromatic rings. The molecular formula is C27H20N8O. The van der Waals surface area contributed by atoms with Crippen LogP contribution < -0.4 is 5.32 Å². The maximum atomic E-state index is 14.7. The van der Waals surface area contributed by atoms with Crippen molar-refractivity contribution in [1.82, 2.24) is 29.4 Å². The summed E-state index contributed by atoms with van der Waals surface area (Å²) in [6, 6.07) is 24.6. The van der Waals surface area contributed by atoms with Gasteiger partial charge in [0.1, 0.15) is 0 Å². The molecule has 0 radical (unpaired) electrons. The lowest BCUT2D eigenvalue weighted by Crippen LogP contribution is -2.50. The summed E-state index contributed by atoms with van der Waals surface area (Å²) in [5.41, 5.74) is 2.73. The number of para-hydroxylation sites is 2. The van der Waals surface area contributed by atoms with E-state index in [1.54, 1.807) is 17.3 Å². The number of aryl methyl sites for hydroxylation is 1. The molecule has 7 rings (SSSR count). The molecule has 9 heteroatoms. The number of carbonyl (C=O) groups is 1. The Morgan fingerprint density at radius 2 is 1.61 bits per heavy atom. The van der Waals surface area contributed by atoms with E-state index >= 15 is 0 Å². The molecule has 0 fully saturated rings. The van der Waals surface area contributed by atoms with Crippen LogP contribution in [0.25, 0.3) is 11.0 Å². The Bertz CT molecular complexity index is 1660. The van der Waals surface area contributed by atoms with Crippen molar-refractivity contribution >= 4 is 28.8 Å². The SMILES string of the molecule is Cc1cccc(C2(c3ccccn3)N=C3Nc4nc5ccccc5n4C(c4ccccn4)N3C2=O)n1. The number of hydrogen-bond donors (Lipinski definition) is 1. The lowest BCUT2D eigenvalue weighted by atomic mass is 9.89. The first-order valence-electron chi connectivity index (χ1n) is 11.6. The summed E-state index contributed by atoms with van der Waals surface area (Å²) in [5, 5.41) is 3.31. The highest BCUT2D eigenvalue weighted by Crippen LogP contribution is 2.45. The van der Waals surface area contributed by atoms with Crippen molar-refractivity contribution in [2.45, 2.75) is 18.6 Å². The number of nitrogens with one attached hydrogen (secondary N) is 1. The summed E-state index contributed by atoms with van der Waals surface area (Å²) in [4.78, 5) is 40.1. The zero-order chi connectivity index (χ0) is 24.3. The van der Waals surface area contributed by atoms with E-state index in [-0.39, 0.29) is 5.91 Å². The Morgan fingerprint density at radius 3 is 2.39 bits per heavy atom. The van der Waals surface area contributed by atoms with E-state index in [0.29, 0.717) is 29.0 Å². The van der Waals surface area contributed by atoms with Gasteiger partial charge in [0.15, 0.2) is 6.17 Å². The maximum absolute atomic E-state index is 14.7. The first-order chi connectivity index (χ1) is 17.7. The highest BCUT2D eigenvalue weighted by Gasteiger charge is 2.57. The predicted octanol–water partition coefficient (Wildman–Crippen LogP) is 3.64. The quantitative estimate of drug-likeness (QED) is 0.430. The van der Waals surface area contributed by atoms with Crippen LogP contribution in [0.4, 0.5) is 5.95 Å². The molecule has 174 valence electrons. The molecule has 1 amide bonds. The van der Waals surface area contributed by atoms with Crippen molar-refractivity contribution in [3.8, 4) is 0 Å². The molecule has 0 spiro atoms. The van der Waals surface area contributed by atoms with Crippen molar-refractivity contribution in [2.75, 3.05) is 5.32 Å². The number of guanidine groups is 1. The fourth-order valence-electron chi connectivity index (χ4n) is 5.02. The number of fused-ring (bicyclic) bond motifs is 4. The summed E-state index contributed by atoms with van der Waals surface area (Å²) >= 11 is 0. The van der Waals surface area contributed by atoms with Crippen LogP contribution in [0.5, 0.6) is 0 Å². The number of aliphatic imine (C=N–C) groups is 1. The maximum Gasteiger partial charge on any atom is 0.271 e. The van der Waals surface area contributed by atoms with Gasteiger partial charge in [0.05, 0.1) is 28.1 Å². The molecule has 2 atom stereocenters. The summed E-state index contributed by atoms with van der Waals surface area (Å²) in [6.07, 6.45) is 2.79. The molecule has 6 heterocycles. The third-order valence-electron chi connectivity index (χ3n) is 6.59. The molecule has 2 aliphatic rings. The molecule has 0 aliphatic carbocycles. The third kappa shape index (κ3) is 2.76. The Labute approximate surface area is 206 Å². The van der Waals surface area contributed by atoms with Gasteiger partial charge in [0, 0.05) is 18.1 Å². The van der Waals surface area contributed by atoms with E-state index in [9.17, 15) is 4.79 Å². The molecule has 2 aliphatic heterocycles. The van der Waals surface area contributed by atoms with Crippen LogP contribution in [0, 0.1) is 6.92 Å². The molecule has 2 unspecified atom stereocenters. The second-order valence-corrected chi connectivity index (χ2v) is 8.75. The minimum absolute atomic E-state index is 0.263. The number of hydrogen-bond acceptors (Lipinski definition) is 7. The van der Waals surface area contributed by atoms with Gasteiger partial charge in [-0.15, -0.1) is 0 Å². The first-order valence-corrected chi connectivity index (χ1v) is 11.6. The molecule has 9 nitrogen and oxygen atoms in total. The molecular weight excluding hydrogens is 452 g/mol. The fraction of sp³-hybridized carbons (Fsp3) is 0.111. The lowest BCUT2D eigenvalue weighted by molar-refractivity contribution is -0.132. The number of imidazole rings is 1.